The fraction of sp³-hybridized carbons (Fsp3) is 0.500. The molecule has 1 atom stereocenters. The Labute approximate surface area is 165 Å². The van der Waals surface area contributed by atoms with Crippen molar-refractivity contribution in [2.75, 3.05) is 51.2 Å². The van der Waals surface area contributed by atoms with Crippen LogP contribution in [-0.2, 0) is 9.59 Å². The number of anilines is 1. The minimum absolute atomic E-state index is 0.107. The van der Waals surface area contributed by atoms with Gasteiger partial charge in [-0.15, -0.1) is 0 Å². The third-order valence-corrected chi connectivity index (χ3v) is 5.67. The number of hydrogen-bond acceptors (Lipinski definition) is 7. The smallest absolute Gasteiger partial charge is 0.308 e. The van der Waals surface area contributed by atoms with Gasteiger partial charge in [-0.3, -0.25) is 19.4 Å². The number of hydrogen-bond donors (Lipinski definition) is 3. The molecule has 0 aliphatic carbocycles. The lowest BCUT2D eigenvalue weighted by Gasteiger charge is -2.35. The van der Waals surface area contributed by atoms with E-state index >= 15 is 0 Å². The van der Waals surface area contributed by atoms with E-state index in [9.17, 15) is 19.1 Å². The maximum atomic E-state index is 13.3. The average Bonchev–Trinajstić information content (AvgIpc) is 3.04. The highest BCUT2D eigenvalue weighted by atomic mass is 32.1. The zero-order valence-electron chi connectivity index (χ0n) is 15.3. The number of aliphatic hydroxyl groups excluding tert-OH is 1. The highest BCUT2D eigenvalue weighted by molar-refractivity contribution is 7.22. The second kappa shape index (κ2) is 9.37. The lowest BCUT2D eigenvalue weighted by Crippen LogP contribution is -2.49. The van der Waals surface area contributed by atoms with E-state index in [0.717, 1.165) is 24.4 Å². The fourth-order valence-corrected chi connectivity index (χ4v) is 4.13. The van der Waals surface area contributed by atoms with Gasteiger partial charge in [0.25, 0.3) is 0 Å². The average molecular weight is 410 g/mol. The van der Waals surface area contributed by atoms with Crippen molar-refractivity contribution < 1.29 is 24.2 Å². The molecule has 1 saturated heterocycles. The normalized spacial score (nSPS) is 16.9. The molecule has 1 fully saturated rings. The Kier molecular flexibility index (Phi) is 6.89. The Morgan fingerprint density at radius 2 is 1.96 bits per heavy atom. The molecule has 28 heavy (non-hydrogen) atoms. The number of rotatable bonds is 8. The number of aliphatic hydroxyl groups is 1. The molecule has 3 rings (SSSR count). The van der Waals surface area contributed by atoms with Crippen LogP contribution in [0.2, 0.25) is 0 Å². The van der Waals surface area contributed by atoms with Gasteiger partial charge in [0.15, 0.2) is 5.13 Å². The van der Waals surface area contributed by atoms with Gasteiger partial charge in [-0.05, 0) is 18.2 Å². The summed E-state index contributed by atoms with van der Waals surface area (Å²) in [5.74, 6) is -2.64. The molecule has 0 saturated carbocycles. The number of thiazole rings is 1. The zero-order chi connectivity index (χ0) is 20.1. The van der Waals surface area contributed by atoms with Gasteiger partial charge in [-0.25, -0.2) is 9.37 Å². The molecule has 3 N–H and O–H groups in total. The highest BCUT2D eigenvalue weighted by Gasteiger charge is 2.26. The first-order valence-corrected chi connectivity index (χ1v) is 9.90. The molecular weight excluding hydrogens is 387 g/mol. The predicted octanol–water partition coefficient (Wildman–Crippen LogP) is 1.07. The minimum atomic E-state index is -1.01. The number of nitrogens with zero attached hydrogens (tertiary/aromatic N) is 3. The first-order chi connectivity index (χ1) is 13.4. The molecule has 1 aromatic carbocycles. The van der Waals surface area contributed by atoms with E-state index in [1.54, 1.807) is 0 Å². The fourth-order valence-electron chi connectivity index (χ4n) is 3.22. The van der Waals surface area contributed by atoms with Crippen molar-refractivity contribution in [3.63, 3.8) is 0 Å². The Morgan fingerprint density at radius 3 is 2.64 bits per heavy atom. The van der Waals surface area contributed by atoms with Gasteiger partial charge in [0.05, 0.1) is 22.7 Å². The first kappa shape index (κ1) is 20.6. The van der Waals surface area contributed by atoms with Crippen molar-refractivity contribution >= 4 is 38.6 Å². The molecule has 0 spiro atoms. The third-order valence-electron chi connectivity index (χ3n) is 4.74. The summed E-state index contributed by atoms with van der Waals surface area (Å²) in [5.41, 5.74) is 0.581. The number of benzene rings is 1. The number of carbonyl (C=O) groups excluding carboxylic acids is 1. The van der Waals surface area contributed by atoms with E-state index < -0.39 is 17.8 Å². The van der Waals surface area contributed by atoms with Crippen LogP contribution in [0.25, 0.3) is 10.2 Å². The maximum absolute atomic E-state index is 13.3. The molecule has 1 unspecified atom stereocenters. The molecule has 8 nitrogen and oxygen atoms in total. The second-order valence-corrected chi connectivity index (χ2v) is 7.82. The number of aliphatic carboxylic acids is 1. The molecule has 2 heterocycles. The molecule has 1 amide bonds. The molecule has 1 aromatic heterocycles. The largest absolute Gasteiger partial charge is 0.481 e. The summed E-state index contributed by atoms with van der Waals surface area (Å²) < 4.78 is 13.9. The number of carboxylic acids is 1. The van der Waals surface area contributed by atoms with Crippen molar-refractivity contribution in [1.82, 2.24) is 14.8 Å². The van der Waals surface area contributed by atoms with Crippen molar-refractivity contribution in [1.29, 1.82) is 0 Å². The van der Waals surface area contributed by atoms with Gasteiger partial charge in [0, 0.05) is 45.7 Å². The van der Waals surface area contributed by atoms with Gasteiger partial charge < -0.3 is 15.5 Å². The third kappa shape index (κ3) is 5.44. The van der Waals surface area contributed by atoms with Crippen LogP contribution in [0.3, 0.4) is 0 Å². The Hall–Kier alpha value is -2.14. The SMILES string of the molecule is O=C(CC(CN1CCN(CCO)CC1)C(=O)O)Nc1nc2ccc(F)cc2s1. The van der Waals surface area contributed by atoms with Crippen LogP contribution < -0.4 is 5.32 Å². The molecule has 152 valence electrons. The van der Waals surface area contributed by atoms with E-state index in [-0.39, 0.29) is 18.8 Å². The van der Waals surface area contributed by atoms with E-state index in [1.165, 1.54) is 18.2 Å². The van der Waals surface area contributed by atoms with Gasteiger partial charge in [-0.1, -0.05) is 11.3 Å². The summed E-state index contributed by atoms with van der Waals surface area (Å²) in [7, 11) is 0. The highest BCUT2D eigenvalue weighted by Crippen LogP contribution is 2.26. The molecule has 2 aromatic rings. The lowest BCUT2D eigenvalue weighted by molar-refractivity contribution is -0.144. The van der Waals surface area contributed by atoms with Crippen LogP contribution in [0.4, 0.5) is 9.52 Å². The van der Waals surface area contributed by atoms with Gasteiger partial charge in [0.1, 0.15) is 5.82 Å². The summed E-state index contributed by atoms with van der Waals surface area (Å²) in [4.78, 5) is 32.3. The number of aromatic nitrogens is 1. The van der Waals surface area contributed by atoms with Crippen molar-refractivity contribution in [3.05, 3.63) is 24.0 Å². The molecule has 0 bridgehead atoms. The van der Waals surface area contributed by atoms with E-state index in [4.69, 9.17) is 5.11 Å². The predicted molar refractivity (Wildman–Crippen MR) is 104 cm³/mol. The number of carbonyl (C=O) groups is 2. The number of amides is 1. The Bertz CT molecular complexity index is 838. The quantitative estimate of drug-likeness (QED) is 0.598. The molecule has 1 aliphatic rings. The monoisotopic (exact) mass is 410 g/mol. The van der Waals surface area contributed by atoms with Gasteiger partial charge in [0.2, 0.25) is 5.91 Å². The van der Waals surface area contributed by atoms with E-state index in [2.05, 4.69) is 15.2 Å². The summed E-state index contributed by atoms with van der Waals surface area (Å²) in [6.45, 7) is 3.95. The zero-order valence-corrected chi connectivity index (χ0v) is 16.1. The number of nitrogens with one attached hydrogen (secondary N) is 1. The molecule has 10 heteroatoms. The van der Waals surface area contributed by atoms with Crippen LogP contribution in [0.5, 0.6) is 0 Å². The van der Waals surface area contributed by atoms with Crippen LogP contribution in [0.1, 0.15) is 6.42 Å². The van der Waals surface area contributed by atoms with E-state index in [1.807, 2.05) is 4.90 Å². The minimum Gasteiger partial charge on any atom is -0.481 e. The Morgan fingerprint density at radius 1 is 1.25 bits per heavy atom. The number of carboxylic acid groups (broad SMARTS) is 1. The summed E-state index contributed by atoms with van der Waals surface area (Å²) in [5, 5.41) is 21.4. The number of fused-ring (bicyclic) bond motifs is 1. The van der Waals surface area contributed by atoms with Crippen LogP contribution in [0, 0.1) is 11.7 Å². The molecule has 0 radical (unpaired) electrons. The van der Waals surface area contributed by atoms with Crippen molar-refractivity contribution in [2.45, 2.75) is 6.42 Å². The topological polar surface area (TPSA) is 106 Å². The number of halogens is 1. The standard InChI is InChI=1S/C18H23FN4O4S/c19-13-1-2-14-15(10-13)28-18(20-14)21-16(25)9-12(17(26)27)11-23-5-3-22(4-6-23)7-8-24/h1-2,10,12,24H,3-9,11H2,(H,26,27)(H,20,21,25). The lowest BCUT2D eigenvalue weighted by atomic mass is 10.0. The second-order valence-electron chi connectivity index (χ2n) is 6.78. The number of β-amino-alcohol motifs (C(OH)–C–C–N with tert-alkyl or cyclic N) is 1. The van der Waals surface area contributed by atoms with Gasteiger partial charge in [-0.2, -0.15) is 0 Å². The summed E-state index contributed by atoms with van der Waals surface area (Å²) in [6, 6.07) is 4.18. The van der Waals surface area contributed by atoms with Crippen molar-refractivity contribution in [2.24, 2.45) is 5.92 Å². The van der Waals surface area contributed by atoms with Crippen LogP contribution in [0.15, 0.2) is 18.2 Å². The number of piperazine rings is 1. The summed E-state index contributed by atoms with van der Waals surface area (Å²) in [6.07, 6.45) is -0.156. The van der Waals surface area contributed by atoms with Gasteiger partial charge >= 0.3 is 5.97 Å². The Balaban J connectivity index is 1.54. The maximum Gasteiger partial charge on any atom is 0.308 e. The molecular formula is C18H23FN4O4S. The molecule has 1 aliphatic heterocycles. The first-order valence-electron chi connectivity index (χ1n) is 9.09. The van der Waals surface area contributed by atoms with Crippen LogP contribution in [-0.4, -0.2) is 82.7 Å². The van der Waals surface area contributed by atoms with Crippen molar-refractivity contribution in [3.8, 4) is 0 Å². The van der Waals surface area contributed by atoms with Crippen LogP contribution >= 0.6 is 11.3 Å². The van der Waals surface area contributed by atoms with E-state index in [0.29, 0.717) is 41.5 Å². The summed E-state index contributed by atoms with van der Waals surface area (Å²) >= 11 is 1.15.